The zero-order chi connectivity index (χ0) is 12.4. The lowest BCUT2D eigenvalue weighted by atomic mass is 10.2. The number of likely N-dealkylation sites (tertiary alicyclic amines) is 1. The molecule has 2 aliphatic rings. The molecule has 2 aliphatic heterocycles. The van der Waals surface area contributed by atoms with E-state index < -0.39 is 18.1 Å². The van der Waals surface area contributed by atoms with Gasteiger partial charge in [0.1, 0.15) is 12.1 Å². The maximum absolute atomic E-state index is 12.1. The minimum absolute atomic E-state index is 0.193. The molecule has 0 aromatic rings. The Morgan fingerprint density at radius 1 is 1.47 bits per heavy atom. The highest BCUT2D eigenvalue weighted by Crippen LogP contribution is 2.24. The summed E-state index contributed by atoms with van der Waals surface area (Å²) >= 11 is 0. The van der Waals surface area contributed by atoms with E-state index in [2.05, 4.69) is 0 Å². The van der Waals surface area contributed by atoms with Crippen molar-refractivity contribution in [1.29, 1.82) is 0 Å². The van der Waals surface area contributed by atoms with Crippen LogP contribution in [0.5, 0.6) is 0 Å². The van der Waals surface area contributed by atoms with Crippen LogP contribution in [0.1, 0.15) is 19.3 Å². The molecular formula is C11H17NO5. The van der Waals surface area contributed by atoms with Crippen molar-refractivity contribution in [3.63, 3.8) is 0 Å². The molecule has 6 heteroatoms. The first-order valence-corrected chi connectivity index (χ1v) is 5.81. The van der Waals surface area contributed by atoms with Gasteiger partial charge in [-0.05, 0) is 12.8 Å². The Morgan fingerprint density at radius 2 is 2.24 bits per heavy atom. The number of carboxylic acids is 1. The van der Waals surface area contributed by atoms with E-state index in [1.54, 1.807) is 0 Å². The molecule has 2 rings (SSSR count). The van der Waals surface area contributed by atoms with Crippen molar-refractivity contribution in [2.75, 3.05) is 20.3 Å². The topological polar surface area (TPSA) is 76.1 Å². The number of carbonyl (C=O) groups excluding carboxylic acids is 1. The third-order valence-corrected chi connectivity index (χ3v) is 3.37. The number of hydrogen-bond acceptors (Lipinski definition) is 4. The molecule has 6 nitrogen and oxygen atoms in total. The fourth-order valence-corrected chi connectivity index (χ4v) is 2.40. The molecule has 0 radical (unpaired) electrons. The number of aliphatic carboxylic acids is 1. The zero-order valence-electron chi connectivity index (χ0n) is 9.80. The van der Waals surface area contributed by atoms with E-state index in [1.807, 2.05) is 0 Å². The van der Waals surface area contributed by atoms with Gasteiger partial charge < -0.3 is 19.5 Å². The summed E-state index contributed by atoms with van der Waals surface area (Å²) in [6, 6.07) is -0.781. The molecule has 1 amide bonds. The SMILES string of the molecule is COC1CC(C(=O)O)N(C(=O)[C@@H]2CCCO2)C1. The van der Waals surface area contributed by atoms with Crippen molar-refractivity contribution < 1.29 is 24.2 Å². The second-order valence-electron chi connectivity index (χ2n) is 4.44. The molecule has 0 aromatic carbocycles. The first-order chi connectivity index (χ1) is 8.13. The summed E-state index contributed by atoms with van der Waals surface area (Å²) in [6.45, 7) is 0.919. The van der Waals surface area contributed by atoms with Crippen molar-refractivity contribution in [1.82, 2.24) is 4.90 Å². The third-order valence-electron chi connectivity index (χ3n) is 3.37. The van der Waals surface area contributed by atoms with E-state index in [1.165, 1.54) is 12.0 Å². The second kappa shape index (κ2) is 5.01. The van der Waals surface area contributed by atoms with Crippen molar-refractivity contribution in [3.05, 3.63) is 0 Å². The van der Waals surface area contributed by atoms with E-state index >= 15 is 0 Å². The molecule has 0 aromatic heterocycles. The minimum atomic E-state index is -0.976. The van der Waals surface area contributed by atoms with Crippen LogP contribution in [-0.4, -0.2) is 60.4 Å². The highest BCUT2D eigenvalue weighted by atomic mass is 16.5. The Balaban J connectivity index is 2.06. The van der Waals surface area contributed by atoms with Crippen LogP contribution < -0.4 is 0 Å². The zero-order valence-corrected chi connectivity index (χ0v) is 9.80. The average Bonchev–Trinajstić information content (AvgIpc) is 2.97. The normalized spacial score (nSPS) is 33.0. The lowest BCUT2D eigenvalue weighted by Crippen LogP contribution is -2.45. The quantitative estimate of drug-likeness (QED) is 0.747. The van der Waals surface area contributed by atoms with Crippen LogP contribution >= 0.6 is 0 Å². The summed E-state index contributed by atoms with van der Waals surface area (Å²) in [5, 5.41) is 9.10. The molecule has 0 aliphatic carbocycles. The first-order valence-electron chi connectivity index (χ1n) is 5.81. The van der Waals surface area contributed by atoms with Gasteiger partial charge in [0.2, 0.25) is 0 Å². The van der Waals surface area contributed by atoms with Gasteiger partial charge in [0, 0.05) is 26.7 Å². The van der Waals surface area contributed by atoms with Crippen LogP contribution in [0.15, 0.2) is 0 Å². The number of hydrogen-bond donors (Lipinski definition) is 1. The monoisotopic (exact) mass is 243 g/mol. The number of amides is 1. The van der Waals surface area contributed by atoms with E-state index in [-0.39, 0.29) is 12.0 Å². The van der Waals surface area contributed by atoms with Crippen molar-refractivity contribution in [3.8, 4) is 0 Å². The van der Waals surface area contributed by atoms with Gasteiger partial charge in [0.05, 0.1) is 6.10 Å². The summed E-state index contributed by atoms with van der Waals surface area (Å²) in [5.41, 5.74) is 0. The highest BCUT2D eigenvalue weighted by molar-refractivity contribution is 5.87. The number of nitrogens with zero attached hydrogens (tertiary/aromatic N) is 1. The Morgan fingerprint density at radius 3 is 2.76 bits per heavy atom. The lowest BCUT2D eigenvalue weighted by molar-refractivity contribution is -0.152. The fraction of sp³-hybridized carbons (Fsp3) is 0.818. The van der Waals surface area contributed by atoms with Gasteiger partial charge in [-0.25, -0.2) is 4.79 Å². The number of carbonyl (C=O) groups is 2. The van der Waals surface area contributed by atoms with Crippen LogP contribution in [-0.2, 0) is 19.1 Å². The van der Waals surface area contributed by atoms with E-state index in [0.29, 0.717) is 26.0 Å². The number of carboxylic acid groups (broad SMARTS) is 1. The van der Waals surface area contributed by atoms with Crippen LogP contribution in [0.3, 0.4) is 0 Å². The molecule has 2 heterocycles. The van der Waals surface area contributed by atoms with E-state index in [0.717, 1.165) is 6.42 Å². The molecule has 0 spiro atoms. The van der Waals surface area contributed by atoms with Gasteiger partial charge in [-0.2, -0.15) is 0 Å². The maximum atomic E-state index is 12.1. The molecule has 2 fully saturated rings. The Kier molecular flexibility index (Phi) is 3.63. The van der Waals surface area contributed by atoms with Gasteiger partial charge in [0.25, 0.3) is 5.91 Å². The molecule has 3 atom stereocenters. The summed E-state index contributed by atoms with van der Waals surface area (Å²) in [6.07, 6.45) is 1.23. The molecule has 17 heavy (non-hydrogen) atoms. The van der Waals surface area contributed by atoms with Crippen molar-refractivity contribution in [2.45, 2.75) is 37.5 Å². The summed E-state index contributed by atoms with van der Waals surface area (Å²) < 4.78 is 10.4. The van der Waals surface area contributed by atoms with Gasteiger partial charge in [-0.1, -0.05) is 0 Å². The summed E-state index contributed by atoms with van der Waals surface area (Å²) in [5.74, 6) is -1.19. The molecule has 96 valence electrons. The van der Waals surface area contributed by atoms with Gasteiger partial charge in [0.15, 0.2) is 0 Å². The van der Waals surface area contributed by atoms with Gasteiger partial charge >= 0.3 is 5.97 Å². The van der Waals surface area contributed by atoms with E-state index in [9.17, 15) is 9.59 Å². The Hall–Kier alpha value is -1.14. The lowest BCUT2D eigenvalue weighted by Gasteiger charge is -2.23. The largest absolute Gasteiger partial charge is 0.480 e. The first kappa shape index (κ1) is 12.3. The molecule has 0 saturated carbocycles. The third kappa shape index (κ3) is 2.42. The molecule has 2 saturated heterocycles. The molecule has 2 unspecified atom stereocenters. The van der Waals surface area contributed by atoms with Crippen LogP contribution in [0, 0.1) is 0 Å². The minimum Gasteiger partial charge on any atom is -0.480 e. The summed E-state index contributed by atoms with van der Waals surface area (Å²) in [7, 11) is 1.53. The van der Waals surface area contributed by atoms with Crippen LogP contribution in [0.25, 0.3) is 0 Å². The Labute approximate surface area is 99.5 Å². The van der Waals surface area contributed by atoms with Crippen LogP contribution in [0.4, 0.5) is 0 Å². The molecular weight excluding hydrogens is 226 g/mol. The maximum Gasteiger partial charge on any atom is 0.326 e. The van der Waals surface area contributed by atoms with Crippen LogP contribution in [0.2, 0.25) is 0 Å². The highest BCUT2D eigenvalue weighted by Gasteiger charge is 2.42. The van der Waals surface area contributed by atoms with Crippen molar-refractivity contribution >= 4 is 11.9 Å². The van der Waals surface area contributed by atoms with Gasteiger partial charge in [-0.15, -0.1) is 0 Å². The predicted molar refractivity (Wildman–Crippen MR) is 57.5 cm³/mol. The summed E-state index contributed by atoms with van der Waals surface area (Å²) in [4.78, 5) is 24.6. The molecule has 1 N–H and O–H groups in total. The Bertz CT molecular complexity index is 313. The van der Waals surface area contributed by atoms with E-state index in [4.69, 9.17) is 14.6 Å². The fourth-order valence-electron chi connectivity index (χ4n) is 2.40. The number of ether oxygens (including phenoxy) is 2. The van der Waals surface area contributed by atoms with Crippen molar-refractivity contribution in [2.24, 2.45) is 0 Å². The smallest absolute Gasteiger partial charge is 0.326 e. The number of rotatable bonds is 3. The standard InChI is InChI=1S/C11H17NO5/c1-16-7-5-8(11(14)15)12(6-7)10(13)9-3-2-4-17-9/h7-9H,2-6H2,1H3,(H,14,15)/t7?,8?,9-/m0/s1. The molecule has 0 bridgehead atoms. The predicted octanol–water partition coefficient (Wildman–Crippen LogP) is -0.134. The average molecular weight is 243 g/mol. The second-order valence-corrected chi connectivity index (χ2v) is 4.44. The van der Waals surface area contributed by atoms with Gasteiger partial charge in [-0.3, -0.25) is 4.79 Å². The number of methoxy groups -OCH3 is 1.